The summed E-state index contributed by atoms with van der Waals surface area (Å²) < 4.78 is 49.2. The molecule has 1 N–H and O–H groups in total. The summed E-state index contributed by atoms with van der Waals surface area (Å²) in [5.41, 5.74) is 0.921. The maximum Gasteiger partial charge on any atom is 0.400 e. The van der Waals surface area contributed by atoms with Crippen LogP contribution >= 0.6 is 19.1 Å². The Morgan fingerprint density at radius 2 is 2.04 bits per heavy atom. The molecule has 0 radical (unpaired) electrons. The summed E-state index contributed by atoms with van der Waals surface area (Å²) in [6, 6.07) is 9.51. The number of benzene rings is 1. The average molecular weight is 415 g/mol. The molecule has 0 aliphatic carbocycles. The number of aromatic nitrogens is 3. The lowest BCUT2D eigenvalue weighted by atomic mass is 10.2. The Morgan fingerprint density at radius 3 is 2.59 bits per heavy atom. The Labute approximate surface area is 158 Å². The summed E-state index contributed by atoms with van der Waals surface area (Å²) in [7, 11) is -3.42. The van der Waals surface area contributed by atoms with Crippen LogP contribution < -0.4 is 10.4 Å². The minimum absolute atomic E-state index is 0.0664. The molecule has 3 aromatic rings. The molecule has 0 aliphatic heterocycles. The van der Waals surface area contributed by atoms with E-state index in [4.69, 9.17) is 16.1 Å². The van der Waals surface area contributed by atoms with Crippen LogP contribution in [-0.2, 0) is 14.5 Å². The zero-order valence-corrected chi connectivity index (χ0v) is 15.6. The van der Waals surface area contributed by atoms with Crippen LogP contribution in [0.5, 0.6) is 0 Å². The fourth-order valence-electron chi connectivity index (χ4n) is 2.21. The van der Waals surface area contributed by atoms with Crippen molar-refractivity contribution >= 4 is 30.1 Å². The van der Waals surface area contributed by atoms with Gasteiger partial charge >= 0.3 is 18.8 Å². The summed E-state index contributed by atoms with van der Waals surface area (Å²) in [6.07, 6.45) is 3.11. The van der Waals surface area contributed by atoms with Crippen LogP contribution in [0.4, 0.5) is 14.5 Å². The van der Waals surface area contributed by atoms with Crippen molar-refractivity contribution in [1.82, 2.24) is 15.1 Å². The second kappa shape index (κ2) is 7.72. The molecule has 1 atom stereocenters. The van der Waals surface area contributed by atoms with Crippen molar-refractivity contribution in [3.63, 3.8) is 0 Å². The van der Waals surface area contributed by atoms with Gasteiger partial charge in [0, 0.05) is 11.8 Å². The van der Waals surface area contributed by atoms with E-state index in [2.05, 4.69) is 24.7 Å². The maximum absolute atomic E-state index is 13.2. The second-order valence-electron chi connectivity index (χ2n) is 5.29. The monoisotopic (exact) mass is 414 g/mol. The highest BCUT2D eigenvalue weighted by Crippen LogP contribution is 2.45. The predicted octanol–water partition coefficient (Wildman–Crippen LogP) is 4.39. The van der Waals surface area contributed by atoms with Crippen LogP contribution in [0.2, 0.25) is 0 Å². The van der Waals surface area contributed by atoms with Gasteiger partial charge in [-0.05, 0) is 42.8 Å². The number of hydrogen-bond donors (Lipinski definition) is 1. The molecule has 7 nitrogen and oxygen atoms in total. The van der Waals surface area contributed by atoms with Crippen LogP contribution in [0.1, 0.15) is 12.8 Å². The molecule has 0 amide bonds. The molecule has 0 saturated heterocycles. The Hall–Kier alpha value is -2.35. The summed E-state index contributed by atoms with van der Waals surface area (Å²) >= 11 is 4.86. The molecule has 2 aromatic heterocycles. The molecular formula is C16H14ClF2N4O3P. The third-order valence-corrected chi connectivity index (χ3v) is 5.70. The maximum atomic E-state index is 13.2. The molecule has 2 heterocycles. The highest BCUT2D eigenvalue weighted by molar-refractivity contribution is 7.68. The average Bonchev–Trinajstić information content (AvgIpc) is 3.13. The molecule has 11 heteroatoms. The molecule has 0 spiro atoms. The summed E-state index contributed by atoms with van der Waals surface area (Å²) in [5, 5.41) is 2.97. The molecule has 142 valence electrons. The molecule has 1 unspecified atom stereocenters. The zero-order chi connectivity index (χ0) is 19.5. The zero-order valence-electron chi connectivity index (χ0n) is 14.0. The van der Waals surface area contributed by atoms with Crippen LogP contribution in [0, 0.1) is 0 Å². The van der Waals surface area contributed by atoms with Gasteiger partial charge in [0.2, 0.25) is 5.82 Å². The van der Waals surface area contributed by atoms with Gasteiger partial charge < -0.3 is 14.1 Å². The summed E-state index contributed by atoms with van der Waals surface area (Å²) in [6.45, 7) is 1.93. The van der Waals surface area contributed by atoms with Crippen molar-refractivity contribution in [2.24, 2.45) is 0 Å². The quantitative estimate of drug-likeness (QED) is 0.453. The SMILES string of the molecule is CCOP(=O)(Nc1cccnc1)c1ccc(-c2noc(C(F)(F)Cl)n2)cc1. The van der Waals surface area contributed by atoms with Crippen molar-refractivity contribution in [2.45, 2.75) is 12.3 Å². The van der Waals surface area contributed by atoms with Crippen LogP contribution in [0.25, 0.3) is 11.4 Å². The van der Waals surface area contributed by atoms with E-state index in [1.54, 1.807) is 25.3 Å². The van der Waals surface area contributed by atoms with Gasteiger partial charge in [0.25, 0.3) is 0 Å². The Morgan fingerprint density at radius 1 is 1.30 bits per heavy atom. The first-order valence-corrected chi connectivity index (χ1v) is 9.77. The highest BCUT2D eigenvalue weighted by Gasteiger charge is 2.35. The lowest BCUT2D eigenvalue weighted by Gasteiger charge is -2.20. The van der Waals surface area contributed by atoms with E-state index in [-0.39, 0.29) is 12.4 Å². The largest absolute Gasteiger partial charge is 0.400 e. The van der Waals surface area contributed by atoms with Crippen molar-refractivity contribution in [3.8, 4) is 11.4 Å². The molecule has 0 bridgehead atoms. The molecule has 27 heavy (non-hydrogen) atoms. The predicted molar refractivity (Wildman–Crippen MR) is 96.2 cm³/mol. The molecule has 1 aromatic carbocycles. The molecule has 3 rings (SSSR count). The second-order valence-corrected chi connectivity index (χ2v) is 7.87. The standard InChI is InChI=1S/C16H14ClF2N4O3P/c1-2-25-27(24,23-12-4-3-9-20-10-12)13-7-5-11(6-8-13)14-21-15(26-22-14)16(17,18)19/h3-10H,2H2,1H3,(H,23,24). The number of pyridine rings is 1. The first kappa shape index (κ1) is 19.4. The first-order valence-electron chi connectivity index (χ1n) is 7.76. The lowest BCUT2D eigenvalue weighted by molar-refractivity contribution is 0.0551. The van der Waals surface area contributed by atoms with Gasteiger partial charge in [0.1, 0.15) is 0 Å². The van der Waals surface area contributed by atoms with E-state index in [0.29, 0.717) is 16.6 Å². The number of nitrogens with one attached hydrogen (secondary N) is 1. The third-order valence-electron chi connectivity index (χ3n) is 3.38. The number of nitrogens with zero attached hydrogens (tertiary/aromatic N) is 3. The Balaban J connectivity index is 1.87. The summed E-state index contributed by atoms with van der Waals surface area (Å²) in [4.78, 5) is 7.52. The van der Waals surface area contributed by atoms with E-state index in [1.807, 2.05) is 0 Å². The van der Waals surface area contributed by atoms with Gasteiger partial charge in [-0.15, -0.1) is 0 Å². The van der Waals surface area contributed by atoms with E-state index in [9.17, 15) is 13.3 Å². The fourth-order valence-corrected chi connectivity index (χ4v) is 4.01. The van der Waals surface area contributed by atoms with Crippen molar-refractivity contribution in [3.05, 3.63) is 54.7 Å². The van der Waals surface area contributed by atoms with E-state index in [1.165, 1.54) is 30.5 Å². The van der Waals surface area contributed by atoms with Crippen molar-refractivity contribution in [2.75, 3.05) is 11.7 Å². The number of anilines is 1. The van der Waals surface area contributed by atoms with Gasteiger partial charge in [-0.3, -0.25) is 9.55 Å². The molecular weight excluding hydrogens is 401 g/mol. The normalized spacial score (nSPS) is 13.9. The van der Waals surface area contributed by atoms with Gasteiger partial charge in [-0.2, -0.15) is 13.8 Å². The van der Waals surface area contributed by atoms with E-state index in [0.717, 1.165) is 0 Å². The number of alkyl halides is 3. The smallest absolute Gasteiger partial charge is 0.331 e. The fraction of sp³-hybridized carbons (Fsp3) is 0.188. The van der Waals surface area contributed by atoms with Crippen LogP contribution in [-0.4, -0.2) is 21.7 Å². The van der Waals surface area contributed by atoms with Gasteiger partial charge in [-0.1, -0.05) is 17.3 Å². The van der Waals surface area contributed by atoms with Gasteiger partial charge in [0.05, 0.1) is 23.8 Å². The molecule has 0 aliphatic rings. The lowest BCUT2D eigenvalue weighted by Crippen LogP contribution is -2.14. The van der Waals surface area contributed by atoms with Crippen molar-refractivity contribution in [1.29, 1.82) is 0 Å². The highest BCUT2D eigenvalue weighted by atomic mass is 35.5. The Bertz CT molecular complexity index is 948. The van der Waals surface area contributed by atoms with Crippen molar-refractivity contribution < 1.29 is 22.4 Å². The van der Waals surface area contributed by atoms with E-state index < -0.39 is 18.8 Å². The van der Waals surface area contributed by atoms with Crippen LogP contribution in [0.15, 0.2) is 53.3 Å². The minimum Gasteiger partial charge on any atom is -0.331 e. The van der Waals surface area contributed by atoms with Gasteiger partial charge in [-0.25, -0.2) is 0 Å². The number of hydrogen-bond acceptors (Lipinski definition) is 6. The van der Waals surface area contributed by atoms with Crippen LogP contribution in [0.3, 0.4) is 0 Å². The molecule has 0 fully saturated rings. The summed E-state index contributed by atoms with van der Waals surface area (Å²) in [5.74, 6) is -1.06. The topological polar surface area (TPSA) is 90.1 Å². The molecule has 0 saturated carbocycles. The third kappa shape index (κ3) is 4.50. The van der Waals surface area contributed by atoms with E-state index >= 15 is 0 Å². The minimum atomic E-state index is -3.75. The number of halogens is 3. The first-order chi connectivity index (χ1) is 12.8. The van der Waals surface area contributed by atoms with Gasteiger partial charge in [0.15, 0.2) is 0 Å². The Kier molecular flexibility index (Phi) is 5.55. The number of rotatable bonds is 7.